The van der Waals surface area contributed by atoms with Gasteiger partial charge in [-0.2, -0.15) is 0 Å². The van der Waals surface area contributed by atoms with Crippen LogP contribution in [-0.2, 0) is 21.5 Å². The van der Waals surface area contributed by atoms with Gasteiger partial charge in [-0.1, -0.05) is 45.0 Å². The van der Waals surface area contributed by atoms with E-state index >= 15 is 0 Å². The van der Waals surface area contributed by atoms with Crippen molar-refractivity contribution in [1.29, 1.82) is 0 Å². The molecule has 0 aliphatic carbocycles. The zero-order chi connectivity index (χ0) is 17.2. The molecule has 0 aromatic heterocycles. The lowest BCUT2D eigenvalue weighted by Crippen LogP contribution is -2.36. The van der Waals surface area contributed by atoms with E-state index < -0.39 is 18.0 Å². The van der Waals surface area contributed by atoms with Crippen molar-refractivity contribution in [3.05, 3.63) is 35.4 Å². The summed E-state index contributed by atoms with van der Waals surface area (Å²) in [5.41, 5.74) is 2.35. The molecule has 1 heterocycles. The molecule has 0 unspecified atom stereocenters. The molecule has 124 valence electrons. The predicted molar refractivity (Wildman–Crippen MR) is 86.7 cm³/mol. The Hall–Kier alpha value is -2.37. The molecular formula is C17H23N3O3. The van der Waals surface area contributed by atoms with Gasteiger partial charge in [-0.3, -0.25) is 14.9 Å². The molecule has 1 fully saturated rings. The fourth-order valence-corrected chi connectivity index (χ4v) is 2.41. The number of nitrogens with one attached hydrogen (secondary N) is 2. The number of nitrogens with zero attached hydrogens (tertiary/aromatic N) is 1. The van der Waals surface area contributed by atoms with Crippen LogP contribution in [0.15, 0.2) is 24.3 Å². The maximum Gasteiger partial charge on any atom is 0.322 e. The van der Waals surface area contributed by atoms with Gasteiger partial charge in [0, 0.05) is 13.6 Å². The number of urea groups is 1. The van der Waals surface area contributed by atoms with Crippen molar-refractivity contribution < 1.29 is 14.4 Å². The Morgan fingerprint density at radius 2 is 1.78 bits per heavy atom. The lowest BCUT2D eigenvalue weighted by atomic mass is 9.87. The largest absolute Gasteiger partial charge is 0.341 e. The first-order chi connectivity index (χ1) is 10.7. The lowest BCUT2D eigenvalue weighted by Gasteiger charge is -2.21. The van der Waals surface area contributed by atoms with Gasteiger partial charge >= 0.3 is 6.03 Å². The molecule has 23 heavy (non-hydrogen) atoms. The molecule has 4 amide bonds. The molecule has 0 bridgehead atoms. The van der Waals surface area contributed by atoms with Gasteiger partial charge in [0.1, 0.15) is 6.04 Å². The molecule has 0 radical (unpaired) electrons. The van der Waals surface area contributed by atoms with Crippen molar-refractivity contribution >= 4 is 17.8 Å². The van der Waals surface area contributed by atoms with Crippen LogP contribution < -0.4 is 10.6 Å². The smallest absolute Gasteiger partial charge is 0.322 e. The summed E-state index contributed by atoms with van der Waals surface area (Å²) >= 11 is 0. The summed E-state index contributed by atoms with van der Waals surface area (Å²) in [6.07, 6.45) is -0.0336. The first kappa shape index (κ1) is 17.0. The number of rotatable bonds is 4. The second-order valence-electron chi connectivity index (χ2n) is 6.92. The van der Waals surface area contributed by atoms with E-state index in [1.807, 2.05) is 12.1 Å². The molecule has 1 aromatic carbocycles. The third-order valence-electron chi connectivity index (χ3n) is 3.90. The SMILES string of the molecule is CN(Cc1ccc(C(C)(C)C)cc1)C(=O)C[C@@H]1NC(=O)NC1=O. The maximum absolute atomic E-state index is 12.2. The zero-order valence-electron chi connectivity index (χ0n) is 14.0. The topological polar surface area (TPSA) is 78.5 Å². The third kappa shape index (κ3) is 4.31. The van der Waals surface area contributed by atoms with E-state index in [-0.39, 0.29) is 17.7 Å². The fourth-order valence-electron chi connectivity index (χ4n) is 2.41. The summed E-state index contributed by atoms with van der Waals surface area (Å²) in [6, 6.07) is 6.83. The summed E-state index contributed by atoms with van der Waals surface area (Å²) in [7, 11) is 1.69. The van der Waals surface area contributed by atoms with Crippen molar-refractivity contribution in [1.82, 2.24) is 15.5 Å². The van der Waals surface area contributed by atoms with Crippen LogP contribution in [0.3, 0.4) is 0 Å². The molecule has 1 aliphatic rings. The summed E-state index contributed by atoms with van der Waals surface area (Å²) in [5, 5.41) is 4.55. The second kappa shape index (κ2) is 6.40. The maximum atomic E-state index is 12.2. The third-order valence-corrected chi connectivity index (χ3v) is 3.90. The molecule has 6 heteroatoms. The molecular weight excluding hydrogens is 294 g/mol. The summed E-state index contributed by atoms with van der Waals surface area (Å²) in [6.45, 7) is 6.92. The second-order valence-corrected chi connectivity index (χ2v) is 6.92. The minimum absolute atomic E-state index is 0.0336. The lowest BCUT2D eigenvalue weighted by molar-refractivity contribution is -0.133. The highest BCUT2D eigenvalue weighted by Crippen LogP contribution is 2.22. The molecule has 1 atom stereocenters. The number of benzene rings is 1. The molecule has 1 aromatic rings. The van der Waals surface area contributed by atoms with Crippen LogP contribution in [0.25, 0.3) is 0 Å². The van der Waals surface area contributed by atoms with E-state index in [0.29, 0.717) is 6.54 Å². The molecule has 6 nitrogen and oxygen atoms in total. The van der Waals surface area contributed by atoms with Gasteiger partial charge in [0.05, 0.1) is 6.42 Å². The van der Waals surface area contributed by atoms with Gasteiger partial charge in [-0.25, -0.2) is 4.79 Å². The standard InChI is InChI=1S/C17H23N3O3/c1-17(2,3)12-7-5-11(6-8-12)10-20(4)14(21)9-13-15(22)19-16(23)18-13/h5-8,13H,9-10H2,1-4H3,(H2,18,19,22,23)/t13-/m0/s1. The van der Waals surface area contributed by atoms with E-state index in [0.717, 1.165) is 5.56 Å². The van der Waals surface area contributed by atoms with Crippen LogP contribution >= 0.6 is 0 Å². The Labute approximate surface area is 136 Å². The van der Waals surface area contributed by atoms with E-state index in [4.69, 9.17) is 0 Å². The summed E-state index contributed by atoms with van der Waals surface area (Å²) < 4.78 is 0. The van der Waals surface area contributed by atoms with Crippen LogP contribution in [0.5, 0.6) is 0 Å². The molecule has 0 spiro atoms. The average molecular weight is 317 g/mol. The fraction of sp³-hybridized carbons (Fsp3) is 0.471. The van der Waals surface area contributed by atoms with Gasteiger partial charge in [-0.15, -0.1) is 0 Å². The van der Waals surface area contributed by atoms with Crippen molar-refractivity contribution in [2.45, 2.75) is 45.2 Å². The number of carbonyl (C=O) groups excluding carboxylic acids is 3. The van der Waals surface area contributed by atoms with Crippen LogP contribution in [-0.4, -0.2) is 35.8 Å². The predicted octanol–water partition coefficient (Wildman–Crippen LogP) is 1.54. The number of amides is 4. The number of imide groups is 1. The van der Waals surface area contributed by atoms with Crippen molar-refractivity contribution in [2.24, 2.45) is 0 Å². The van der Waals surface area contributed by atoms with Crippen LogP contribution in [0.1, 0.15) is 38.3 Å². The van der Waals surface area contributed by atoms with Crippen LogP contribution in [0.2, 0.25) is 0 Å². The first-order valence-electron chi connectivity index (χ1n) is 7.61. The quantitative estimate of drug-likeness (QED) is 0.827. The van der Waals surface area contributed by atoms with E-state index in [2.05, 4.69) is 43.5 Å². The van der Waals surface area contributed by atoms with Gasteiger partial charge in [0.25, 0.3) is 5.91 Å². The average Bonchev–Trinajstić information content (AvgIpc) is 2.76. The Morgan fingerprint density at radius 1 is 1.17 bits per heavy atom. The number of carbonyl (C=O) groups is 3. The number of hydrogen-bond acceptors (Lipinski definition) is 3. The Morgan fingerprint density at radius 3 is 2.26 bits per heavy atom. The number of hydrogen-bond donors (Lipinski definition) is 2. The first-order valence-corrected chi connectivity index (χ1v) is 7.61. The van der Waals surface area contributed by atoms with E-state index in [1.165, 1.54) is 5.56 Å². The van der Waals surface area contributed by atoms with Gasteiger partial charge in [-0.05, 0) is 16.5 Å². The van der Waals surface area contributed by atoms with Gasteiger partial charge < -0.3 is 10.2 Å². The van der Waals surface area contributed by atoms with Crippen molar-refractivity contribution in [2.75, 3.05) is 7.05 Å². The monoisotopic (exact) mass is 317 g/mol. The highest BCUT2D eigenvalue weighted by molar-refractivity contribution is 6.05. The normalized spacial score (nSPS) is 17.7. The summed E-state index contributed by atoms with van der Waals surface area (Å²) in [5.74, 6) is -0.640. The van der Waals surface area contributed by atoms with E-state index in [9.17, 15) is 14.4 Å². The highest BCUT2D eigenvalue weighted by Gasteiger charge is 2.32. The van der Waals surface area contributed by atoms with E-state index in [1.54, 1.807) is 11.9 Å². The molecule has 2 rings (SSSR count). The summed E-state index contributed by atoms with van der Waals surface area (Å²) in [4.78, 5) is 36.3. The minimum Gasteiger partial charge on any atom is -0.341 e. The highest BCUT2D eigenvalue weighted by atomic mass is 16.2. The molecule has 1 aliphatic heterocycles. The van der Waals surface area contributed by atoms with Crippen molar-refractivity contribution in [3.8, 4) is 0 Å². The molecule has 1 saturated heterocycles. The molecule has 0 saturated carbocycles. The zero-order valence-corrected chi connectivity index (χ0v) is 14.0. The Balaban J connectivity index is 1.93. The van der Waals surface area contributed by atoms with Crippen LogP contribution in [0.4, 0.5) is 4.79 Å². The van der Waals surface area contributed by atoms with Gasteiger partial charge in [0.2, 0.25) is 5.91 Å². The Bertz CT molecular complexity index is 617. The van der Waals surface area contributed by atoms with Crippen molar-refractivity contribution in [3.63, 3.8) is 0 Å². The molecule has 2 N–H and O–H groups in total. The van der Waals surface area contributed by atoms with Crippen LogP contribution in [0, 0.1) is 0 Å². The Kier molecular flexibility index (Phi) is 4.73. The van der Waals surface area contributed by atoms with Gasteiger partial charge in [0.15, 0.2) is 0 Å². The minimum atomic E-state index is -0.777.